The van der Waals surface area contributed by atoms with Crippen molar-refractivity contribution in [1.29, 1.82) is 0 Å². The summed E-state index contributed by atoms with van der Waals surface area (Å²) in [4.78, 5) is 38.6. The third kappa shape index (κ3) is 7.30. The number of aromatic nitrogens is 1. The molecular formula is C26H28ClN3O4. The number of benzene rings is 2. The number of halogens is 1. The van der Waals surface area contributed by atoms with Gasteiger partial charge in [-0.25, -0.2) is 0 Å². The highest BCUT2D eigenvalue weighted by Crippen LogP contribution is 2.10. The standard InChI is InChI=1S/C26H28ClN3O4/c1-34-15-14-30-17-22(25(32)28-12-10-19-6-3-2-4-7-19)24(31)23(18-30)26(33)29-13-11-20-8-5-9-21(27)16-20/h2-9,16-18H,10-15H2,1H3,(H,28,32)(H,29,33). The molecule has 1 heterocycles. The van der Waals surface area contributed by atoms with Crippen LogP contribution in [0.3, 0.4) is 0 Å². The van der Waals surface area contributed by atoms with Gasteiger partial charge < -0.3 is 19.9 Å². The molecule has 0 radical (unpaired) electrons. The highest BCUT2D eigenvalue weighted by molar-refractivity contribution is 6.30. The fourth-order valence-corrected chi connectivity index (χ4v) is 3.66. The van der Waals surface area contributed by atoms with Gasteiger partial charge >= 0.3 is 0 Å². The molecule has 3 aromatic rings. The minimum Gasteiger partial charge on any atom is -0.383 e. The van der Waals surface area contributed by atoms with Crippen LogP contribution in [0.5, 0.6) is 0 Å². The van der Waals surface area contributed by atoms with E-state index < -0.39 is 17.2 Å². The van der Waals surface area contributed by atoms with E-state index in [4.69, 9.17) is 16.3 Å². The Balaban J connectivity index is 1.71. The van der Waals surface area contributed by atoms with Gasteiger partial charge in [0.15, 0.2) is 0 Å². The monoisotopic (exact) mass is 481 g/mol. The molecule has 178 valence electrons. The van der Waals surface area contributed by atoms with Gasteiger partial charge in [-0.05, 0) is 36.1 Å². The number of hydrogen-bond donors (Lipinski definition) is 2. The third-order valence-electron chi connectivity index (χ3n) is 5.25. The number of amides is 2. The Morgan fingerprint density at radius 1 is 0.882 bits per heavy atom. The first-order valence-electron chi connectivity index (χ1n) is 11.1. The summed E-state index contributed by atoms with van der Waals surface area (Å²) >= 11 is 6.00. The molecule has 8 heteroatoms. The van der Waals surface area contributed by atoms with Gasteiger partial charge in [0, 0.05) is 44.2 Å². The molecule has 2 amide bonds. The van der Waals surface area contributed by atoms with Crippen LogP contribution in [-0.4, -0.2) is 43.2 Å². The highest BCUT2D eigenvalue weighted by Gasteiger charge is 2.19. The maximum Gasteiger partial charge on any atom is 0.256 e. The van der Waals surface area contributed by atoms with Crippen LogP contribution in [0, 0.1) is 0 Å². The van der Waals surface area contributed by atoms with E-state index in [2.05, 4.69) is 10.6 Å². The van der Waals surface area contributed by atoms with Crippen LogP contribution in [0.4, 0.5) is 0 Å². The van der Waals surface area contributed by atoms with E-state index in [-0.39, 0.29) is 11.1 Å². The van der Waals surface area contributed by atoms with Gasteiger partial charge in [-0.1, -0.05) is 54.1 Å². The van der Waals surface area contributed by atoms with E-state index in [0.29, 0.717) is 44.1 Å². The van der Waals surface area contributed by atoms with Crippen molar-refractivity contribution in [3.8, 4) is 0 Å². The molecule has 0 saturated heterocycles. The van der Waals surface area contributed by atoms with E-state index in [9.17, 15) is 14.4 Å². The van der Waals surface area contributed by atoms with Crippen LogP contribution < -0.4 is 16.1 Å². The molecule has 0 aliphatic rings. The molecule has 34 heavy (non-hydrogen) atoms. The number of pyridine rings is 1. The number of carbonyl (C=O) groups is 2. The predicted molar refractivity (Wildman–Crippen MR) is 133 cm³/mol. The Bertz CT molecular complexity index is 1180. The van der Waals surface area contributed by atoms with Crippen LogP contribution in [0.25, 0.3) is 0 Å². The maximum absolute atomic E-state index is 13.0. The lowest BCUT2D eigenvalue weighted by molar-refractivity contribution is 0.0950. The first kappa shape index (κ1) is 25.2. The summed E-state index contributed by atoms with van der Waals surface area (Å²) in [5, 5.41) is 6.16. The van der Waals surface area contributed by atoms with Gasteiger partial charge in [0.2, 0.25) is 5.43 Å². The number of ether oxygens (including phenoxy) is 1. The summed E-state index contributed by atoms with van der Waals surface area (Å²) < 4.78 is 6.73. The van der Waals surface area contributed by atoms with Gasteiger partial charge in [-0.15, -0.1) is 0 Å². The molecule has 2 N–H and O–H groups in total. The van der Waals surface area contributed by atoms with Gasteiger partial charge in [0.25, 0.3) is 11.8 Å². The molecule has 7 nitrogen and oxygen atoms in total. The largest absolute Gasteiger partial charge is 0.383 e. The maximum atomic E-state index is 13.0. The Kier molecular flexibility index (Phi) is 9.43. The normalized spacial score (nSPS) is 10.6. The average molecular weight is 482 g/mol. The zero-order valence-corrected chi connectivity index (χ0v) is 19.8. The lowest BCUT2D eigenvalue weighted by atomic mass is 10.1. The van der Waals surface area contributed by atoms with Gasteiger partial charge in [0.1, 0.15) is 11.1 Å². The zero-order valence-electron chi connectivity index (χ0n) is 19.1. The lowest BCUT2D eigenvalue weighted by Crippen LogP contribution is -2.36. The second-order valence-corrected chi connectivity index (χ2v) is 8.21. The summed E-state index contributed by atoms with van der Waals surface area (Å²) in [7, 11) is 1.56. The smallest absolute Gasteiger partial charge is 0.256 e. The molecule has 0 spiro atoms. The van der Waals surface area contributed by atoms with E-state index in [1.165, 1.54) is 12.4 Å². The number of nitrogens with zero attached hydrogens (tertiary/aromatic N) is 1. The molecule has 0 saturated carbocycles. The number of nitrogens with one attached hydrogen (secondary N) is 2. The fourth-order valence-electron chi connectivity index (χ4n) is 3.45. The Morgan fingerprint density at radius 3 is 2.06 bits per heavy atom. The van der Waals surface area contributed by atoms with E-state index in [1.54, 1.807) is 17.7 Å². The zero-order chi connectivity index (χ0) is 24.3. The average Bonchev–Trinajstić information content (AvgIpc) is 2.84. The molecule has 1 aromatic heterocycles. The quantitative estimate of drug-likeness (QED) is 0.440. The molecule has 0 aliphatic heterocycles. The lowest BCUT2D eigenvalue weighted by Gasteiger charge is -2.12. The number of carbonyl (C=O) groups excluding carboxylic acids is 2. The van der Waals surface area contributed by atoms with Crippen molar-refractivity contribution >= 4 is 23.4 Å². The first-order valence-corrected chi connectivity index (χ1v) is 11.4. The molecule has 0 fully saturated rings. The topological polar surface area (TPSA) is 89.4 Å². The Morgan fingerprint density at radius 2 is 1.47 bits per heavy atom. The summed E-state index contributed by atoms with van der Waals surface area (Å²) in [6.07, 6.45) is 4.11. The summed E-state index contributed by atoms with van der Waals surface area (Å²) in [5.41, 5.74) is 1.28. The van der Waals surface area contributed by atoms with Crippen LogP contribution in [0.15, 0.2) is 71.8 Å². The van der Waals surface area contributed by atoms with Crippen molar-refractivity contribution in [3.05, 3.63) is 104 Å². The van der Waals surface area contributed by atoms with Crippen LogP contribution >= 0.6 is 11.6 Å². The van der Waals surface area contributed by atoms with Gasteiger partial charge in [-0.2, -0.15) is 0 Å². The predicted octanol–water partition coefficient (Wildman–Crippen LogP) is 3.09. The van der Waals surface area contributed by atoms with Gasteiger partial charge in [0.05, 0.1) is 6.61 Å². The molecular weight excluding hydrogens is 454 g/mol. The van der Waals surface area contributed by atoms with Crippen molar-refractivity contribution in [2.24, 2.45) is 0 Å². The van der Waals surface area contributed by atoms with Crippen LogP contribution in [-0.2, 0) is 24.1 Å². The molecule has 0 atom stereocenters. The minimum absolute atomic E-state index is 0.0772. The SMILES string of the molecule is COCCn1cc(C(=O)NCCc2ccccc2)c(=O)c(C(=O)NCCc2cccc(Cl)c2)c1. The Hall–Kier alpha value is -3.42. The second kappa shape index (κ2) is 12.7. The van der Waals surface area contributed by atoms with E-state index in [0.717, 1.165) is 11.1 Å². The van der Waals surface area contributed by atoms with E-state index >= 15 is 0 Å². The minimum atomic E-state index is -0.605. The molecule has 3 rings (SSSR count). The van der Waals surface area contributed by atoms with Crippen LogP contribution in [0.1, 0.15) is 31.8 Å². The summed E-state index contributed by atoms with van der Waals surface area (Å²) in [5.74, 6) is -1.04. The molecule has 0 aliphatic carbocycles. The fraction of sp³-hybridized carbons (Fsp3) is 0.269. The van der Waals surface area contributed by atoms with Crippen LogP contribution in [0.2, 0.25) is 5.02 Å². The first-order chi connectivity index (χ1) is 16.5. The van der Waals surface area contributed by atoms with Gasteiger partial charge in [-0.3, -0.25) is 14.4 Å². The molecule has 0 bridgehead atoms. The van der Waals surface area contributed by atoms with Crippen molar-refractivity contribution in [2.45, 2.75) is 19.4 Å². The molecule has 0 unspecified atom stereocenters. The second-order valence-electron chi connectivity index (χ2n) is 7.77. The summed E-state index contributed by atoms with van der Waals surface area (Å²) in [6, 6.07) is 17.1. The third-order valence-corrected chi connectivity index (χ3v) is 5.49. The van der Waals surface area contributed by atoms with Crippen molar-refractivity contribution in [2.75, 3.05) is 26.8 Å². The molecule has 2 aromatic carbocycles. The van der Waals surface area contributed by atoms with E-state index in [1.807, 2.05) is 48.5 Å². The highest BCUT2D eigenvalue weighted by atomic mass is 35.5. The van der Waals surface area contributed by atoms with Crippen molar-refractivity contribution < 1.29 is 14.3 Å². The number of rotatable bonds is 11. The Labute approximate surface area is 203 Å². The number of methoxy groups -OCH3 is 1. The van der Waals surface area contributed by atoms with Crippen molar-refractivity contribution in [3.63, 3.8) is 0 Å². The van der Waals surface area contributed by atoms with Crippen molar-refractivity contribution in [1.82, 2.24) is 15.2 Å². The number of hydrogen-bond acceptors (Lipinski definition) is 4. The summed E-state index contributed by atoms with van der Waals surface area (Å²) in [6.45, 7) is 1.46.